The van der Waals surface area contributed by atoms with Gasteiger partial charge in [-0.25, -0.2) is 0 Å². The fourth-order valence-electron chi connectivity index (χ4n) is 2.68. The predicted octanol–water partition coefficient (Wildman–Crippen LogP) is 2.34. The summed E-state index contributed by atoms with van der Waals surface area (Å²) in [6.07, 6.45) is 0.960. The third-order valence-electron chi connectivity index (χ3n) is 3.78. The van der Waals surface area contributed by atoms with Gasteiger partial charge in [-0.3, -0.25) is 4.90 Å². The van der Waals surface area contributed by atoms with Crippen molar-refractivity contribution >= 4 is 0 Å². The predicted molar refractivity (Wildman–Crippen MR) is 78.1 cm³/mol. The Kier molecular flexibility index (Phi) is 4.14. The van der Waals surface area contributed by atoms with Crippen LogP contribution in [0.2, 0.25) is 0 Å². The van der Waals surface area contributed by atoms with Crippen molar-refractivity contribution in [3.8, 4) is 0 Å². The smallest absolute Gasteiger partial charge is 0.142 e. The maximum absolute atomic E-state index is 5.47. The molecule has 0 aliphatic carbocycles. The summed E-state index contributed by atoms with van der Waals surface area (Å²) in [6, 6.07) is 10.6. The molecule has 0 amide bonds. The first-order chi connectivity index (χ1) is 9.86. The second-order valence-electron chi connectivity index (χ2n) is 5.26. The van der Waals surface area contributed by atoms with Crippen LogP contribution in [0, 0.1) is 0 Å². The molecule has 3 rings (SSSR count). The van der Waals surface area contributed by atoms with Gasteiger partial charge < -0.3 is 9.84 Å². The van der Waals surface area contributed by atoms with Gasteiger partial charge >= 0.3 is 0 Å². The lowest BCUT2D eigenvalue weighted by Gasteiger charge is -2.26. The summed E-state index contributed by atoms with van der Waals surface area (Å²) in [5.74, 6) is 1.07. The van der Waals surface area contributed by atoms with Gasteiger partial charge in [0, 0.05) is 38.2 Å². The Morgan fingerprint density at radius 1 is 1.30 bits per heavy atom. The zero-order valence-electron chi connectivity index (χ0n) is 11.9. The number of hydrogen-bond acceptors (Lipinski definition) is 4. The van der Waals surface area contributed by atoms with Crippen LogP contribution in [-0.4, -0.2) is 23.1 Å². The molecule has 1 aliphatic rings. The van der Waals surface area contributed by atoms with E-state index in [0.29, 0.717) is 0 Å². The number of aromatic nitrogens is 1. The summed E-state index contributed by atoms with van der Waals surface area (Å²) < 4.78 is 5.47. The molecular formula is C16H21N3O. The minimum atomic E-state index is 0.800. The lowest BCUT2D eigenvalue weighted by atomic mass is 10.0. The molecule has 4 nitrogen and oxygen atoms in total. The van der Waals surface area contributed by atoms with E-state index in [1.165, 1.54) is 11.1 Å². The molecule has 0 saturated carbocycles. The Bertz CT molecular complexity index is 550. The standard InChI is InChI=1S/C16H21N3O/c1-2-17-10-15-14-12-19(9-8-16(14)20-18-15)11-13-6-4-3-5-7-13/h3-7,17H,2,8-12H2,1H3. The van der Waals surface area contributed by atoms with E-state index in [9.17, 15) is 0 Å². The fourth-order valence-corrected chi connectivity index (χ4v) is 2.68. The zero-order chi connectivity index (χ0) is 13.8. The maximum atomic E-state index is 5.47. The molecule has 1 aromatic carbocycles. The molecule has 1 aliphatic heterocycles. The molecule has 20 heavy (non-hydrogen) atoms. The van der Waals surface area contributed by atoms with Crippen molar-refractivity contribution in [2.75, 3.05) is 13.1 Å². The van der Waals surface area contributed by atoms with Crippen LogP contribution < -0.4 is 5.32 Å². The molecule has 1 aromatic heterocycles. The molecule has 0 radical (unpaired) electrons. The number of benzene rings is 1. The van der Waals surface area contributed by atoms with Crippen molar-refractivity contribution in [1.29, 1.82) is 0 Å². The maximum Gasteiger partial charge on any atom is 0.142 e. The van der Waals surface area contributed by atoms with E-state index in [0.717, 1.165) is 50.6 Å². The first kappa shape index (κ1) is 13.3. The van der Waals surface area contributed by atoms with Gasteiger partial charge in [0.15, 0.2) is 0 Å². The topological polar surface area (TPSA) is 41.3 Å². The Labute approximate surface area is 119 Å². The van der Waals surface area contributed by atoms with Crippen molar-refractivity contribution in [3.05, 3.63) is 52.9 Å². The van der Waals surface area contributed by atoms with Gasteiger partial charge in [-0.05, 0) is 12.1 Å². The molecule has 0 unspecified atom stereocenters. The second kappa shape index (κ2) is 6.20. The zero-order valence-corrected chi connectivity index (χ0v) is 11.9. The van der Waals surface area contributed by atoms with Crippen LogP contribution in [0.5, 0.6) is 0 Å². The van der Waals surface area contributed by atoms with Crippen LogP contribution in [0.25, 0.3) is 0 Å². The molecule has 0 saturated heterocycles. The van der Waals surface area contributed by atoms with E-state index < -0.39 is 0 Å². The average Bonchev–Trinajstić information content (AvgIpc) is 2.89. The Balaban J connectivity index is 1.69. The van der Waals surface area contributed by atoms with Crippen molar-refractivity contribution in [2.45, 2.75) is 33.0 Å². The number of rotatable bonds is 5. The number of nitrogens with zero attached hydrogens (tertiary/aromatic N) is 2. The molecule has 0 atom stereocenters. The Hall–Kier alpha value is -1.65. The SMILES string of the molecule is CCNCc1noc2c1CN(Cc1ccccc1)CC2. The second-order valence-corrected chi connectivity index (χ2v) is 5.26. The highest BCUT2D eigenvalue weighted by molar-refractivity contribution is 5.26. The van der Waals surface area contributed by atoms with Crippen LogP contribution in [0.15, 0.2) is 34.9 Å². The molecule has 0 fully saturated rings. The summed E-state index contributed by atoms with van der Waals surface area (Å²) in [5.41, 5.74) is 3.72. The minimum absolute atomic E-state index is 0.800. The summed E-state index contributed by atoms with van der Waals surface area (Å²) in [5, 5.41) is 7.54. The number of fused-ring (bicyclic) bond motifs is 1. The first-order valence-corrected chi connectivity index (χ1v) is 7.30. The van der Waals surface area contributed by atoms with Gasteiger partial charge in [0.05, 0.1) is 0 Å². The van der Waals surface area contributed by atoms with E-state index in [1.54, 1.807) is 0 Å². The van der Waals surface area contributed by atoms with Crippen LogP contribution in [0.1, 0.15) is 29.5 Å². The monoisotopic (exact) mass is 271 g/mol. The normalized spacial score (nSPS) is 15.2. The van der Waals surface area contributed by atoms with Gasteiger partial charge in [-0.1, -0.05) is 42.4 Å². The average molecular weight is 271 g/mol. The number of nitrogens with one attached hydrogen (secondary N) is 1. The summed E-state index contributed by atoms with van der Waals surface area (Å²) in [6.45, 7) is 6.83. The van der Waals surface area contributed by atoms with Gasteiger partial charge in [0.2, 0.25) is 0 Å². The Morgan fingerprint density at radius 3 is 2.95 bits per heavy atom. The fraction of sp³-hybridized carbons (Fsp3) is 0.438. The first-order valence-electron chi connectivity index (χ1n) is 7.30. The lowest BCUT2D eigenvalue weighted by molar-refractivity contribution is 0.228. The van der Waals surface area contributed by atoms with E-state index in [2.05, 4.69) is 52.6 Å². The summed E-state index contributed by atoms with van der Waals surface area (Å²) in [7, 11) is 0. The Morgan fingerprint density at radius 2 is 2.15 bits per heavy atom. The van der Waals surface area contributed by atoms with E-state index in [-0.39, 0.29) is 0 Å². The highest BCUT2D eigenvalue weighted by Gasteiger charge is 2.23. The molecule has 0 bridgehead atoms. The van der Waals surface area contributed by atoms with Gasteiger partial charge in [-0.15, -0.1) is 0 Å². The summed E-state index contributed by atoms with van der Waals surface area (Å²) in [4.78, 5) is 2.46. The van der Waals surface area contributed by atoms with E-state index in [1.807, 2.05) is 0 Å². The van der Waals surface area contributed by atoms with Crippen LogP contribution >= 0.6 is 0 Å². The highest BCUT2D eigenvalue weighted by atomic mass is 16.5. The third kappa shape index (κ3) is 2.92. The molecule has 1 N–H and O–H groups in total. The van der Waals surface area contributed by atoms with Crippen LogP contribution in [0.3, 0.4) is 0 Å². The largest absolute Gasteiger partial charge is 0.361 e. The van der Waals surface area contributed by atoms with Gasteiger partial charge in [0.25, 0.3) is 0 Å². The van der Waals surface area contributed by atoms with Gasteiger partial charge in [0.1, 0.15) is 11.5 Å². The molecular weight excluding hydrogens is 250 g/mol. The third-order valence-corrected chi connectivity index (χ3v) is 3.78. The quantitative estimate of drug-likeness (QED) is 0.906. The van der Waals surface area contributed by atoms with E-state index >= 15 is 0 Å². The number of hydrogen-bond donors (Lipinski definition) is 1. The van der Waals surface area contributed by atoms with E-state index in [4.69, 9.17) is 4.52 Å². The van der Waals surface area contributed by atoms with Crippen molar-refractivity contribution in [3.63, 3.8) is 0 Å². The summed E-state index contributed by atoms with van der Waals surface area (Å²) >= 11 is 0. The van der Waals surface area contributed by atoms with Crippen molar-refractivity contribution < 1.29 is 4.52 Å². The minimum Gasteiger partial charge on any atom is -0.361 e. The molecule has 2 heterocycles. The molecule has 0 spiro atoms. The highest BCUT2D eigenvalue weighted by Crippen LogP contribution is 2.23. The van der Waals surface area contributed by atoms with Crippen molar-refractivity contribution in [1.82, 2.24) is 15.4 Å². The van der Waals surface area contributed by atoms with Crippen molar-refractivity contribution in [2.24, 2.45) is 0 Å². The van der Waals surface area contributed by atoms with Crippen LogP contribution in [-0.2, 0) is 26.1 Å². The lowest BCUT2D eigenvalue weighted by Crippen LogP contribution is -2.30. The molecule has 106 valence electrons. The molecule has 2 aromatic rings. The van der Waals surface area contributed by atoms with Crippen LogP contribution in [0.4, 0.5) is 0 Å². The molecule has 4 heteroatoms. The van der Waals surface area contributed by atoms with Gasteiger partial charge in [-0.2, -0.15) is 0 Å².